The molecule has 0 saturated carbocycles. The van der Waals surface area contributed by atoms with Crippen LogP contribution in [-0.2, 0) is 14.4 Å². The van der Waals surface area contributed by atoms with Crippen molar-refractivity contribution >= 4 is 36.5 Å². The van der Waals surface area contributed by atoms with Crippen molar-refractivity contribution < 1.29 is 29.4 Å². The van der Waals surface area contributed by atoms with Crippen LogP contribution in [0.5, 0.6) is 0 Å². The van der Waals surface area contributed by atoms with E-state index in [1.54, 1.807) is 0 Å². The van der Waals surface area contributed by atoms with Gasteiger partial charge in [0, 0.05) is 19.5 Å². The number of amides is 3. The largest absolute Gasteiger partial charge is 0.481 e. The molecule has 0 aromatic carbocycles. The lowest BCUT2D eigenvalue weighted by Gasteiger charge is -2.14. The van der Waals surface area contributed by atoms with Gasteiger partial charge in [0.2, 0.25) is 5.91 Å². The van der Waals surface area contributed by atoms with Gasteiger partial charge < -0.3 is 26.2 Å². The van der Waals surface area contributed by atoms with E-state index in [1.807, 2.05) is 0 Å². The monoisotopic (exact) mass is 349 g/mol. The van der Waals surface area contributed by atoms with Gasteiger partial charge in [-0.3, -0.25) is 9.59 Å². The number of thiol groups is 1. The minimum absolute atomic E-state index is 0.132. The van der Waals surface area contributed by atoms with Gasteiger partial charge in [-0.05, 0) is 25.7 Å². The highest BCUT2D eigenvalue weighted by Gasteiger charge is 2.20. The highest BCUT2D eigenvalue weighted by molar-refractivity contribution is 7.81. The lowest BCUT2D eigenvalue weighted by Crippen LogP contribution is -2.46. The number of rotatable bonds is 12. The fourth-order valence-corrected chi connectivity index (χ4v) is 1.76. The SMILES string of the molecule is O=C(O)CCC(NC(=O)NCCCCCNC(=O)CS)C(=O)O. The summed E-state index contributed by atoms with van der Waals surface area (Å²) in [5.41, 5.74) is 0. The molecule has 0 spiro atoms. The minimum Gasteiger partial charge on any atom is -0.481 e. The van der Waals surface area contributed by atoms with E-state index in [0.29, 0.717) is 19.5 Å². The summed E-state index contributed by atoms with van der Waals surface area (Å²) in [5.74, 6) is -2.38. The number of carboxylic acids is 2. The van der Waals surface area contributed by atoms with Crippen LogP contribution in [-0.4, -0.2) is 59.0 Å². The molecule has 0 aliphatic carbocycles. The van der Waals surface area contributed by atoms with Crippen LogP contribution in [0.15, 0.2) is 0 Å². The number of unbranched alkanes of at least 4 members (excludes halogenated alkanes) is 2. The van der Waals surface area contributed by atoms with Crippen molar-refractivity contribution in [3.8, 4) is 0 Å². The third-order valence-corrected chi connectivity index (χ3v) is 3.14. The third kappa shape index (κ3) is 12.3. The van der Waals surface area contributed by atoms with Crippen molar-refractivity contribution in [2.75, 3.05) is 18.8 Å². The molecule has 0 radical (unpaired) electrons. The van der Waals surface area contributed by atoms with E-state index in [-0.39, 0.29) is 24.5 Å². The summed E-state index contributed by atoms with van der Waals surface area (Å²) in [7, 11) is 0. The van der Waals surface area contributed by atoms with Crippen LogP contribution in [0.2, 0.25) is 0 Å². The van der Waals surface area contributed by atoms with Crippen molar-refractivity contribution in [2.24, 2.45) is 0 Å². The lowest BCUT2D eigenvalue weighted by atomic mass is 10.1. The zero-order valence-electron chi connectivity index (χ0n) is 12.7. The second-order valence-electron chi connectivity index (χ2n) is 4.79. The van der Waals surface area contributed by atoms with Crippen LogP contribution in [0.4, 0.5) is 4.79 Å². The average molecular weight is 349 g/mol. The van der Waals surface area contributed by atoms with Gasteiger partial charge in [0.05, 0.1) is 5.75 Å². The standard InChI is InChI=1S/C13H23N3O6S/c17-10(8-23)14-6-2-1-3-7-15-13(22)16-9(12(20)21)4-5-11(18)19/h9,23H,1-8H2,(H,14,17)(H,18,19)(H,20,21)(H2,15,16,22). The van der Waals surface area contributed by atoms with E-state index >= 15 is 0 Å². The van der Waals surface area contributed by atoms with E-state index in [2.05, 4.69) is 28.6 Å². The second-order valence-corrected chi connectivity index (χ2v) is 5.11. The van der Waals surface area contributed by atoms with Crippen LogP contribution in [0, 0.1) is 0 Å². The maximum atomic E-state index is 11.5. The van der Waals surface area contributed by atoms with Gasteiger partial charge in [-0.2, -0.15) is 12.6 Å². The Balaban J connectivity index is 3.77. The molecule has 0 rings (SSSR count). The molecule has 3 amide bonds. The average Bonchev–Trinajstić information content (AvgIpc) is 2.49. The first-order valence-electron chi connectivity index (χ1n) is 7.23. The number of carbonyl (C=O) groups excluding carboxylic acids is 2. The molecule has 5 N–H and O–H groups in total. The highest BCUT2D eigenvalue weighted by Crippen LogP contribution is 1.98. The van der Waals surface area contributed by atoms with Gasteiger partial charge in [0.25, 0.3) is 0 Å². The van der Waals surface area contributed by atoms with E-state index in [9.17, 15) is 19.2 Å². The first kappa shape index (κ1) is 21.0. The number of carboxylic acid groups (broad SMARTS) is 2. The summed E-state index contributed by atoms with van der Waals surface area (Å²) in [6.07, 6.45) is 1.71. The van der Waals surface area contributed by atoms with Crippen molar-refractivity contribution in [3.05, 3.63) is 0 Å². The first-order valence-corrected chi connectivity index (χ1v) is 7.86. The Labute approximate surface area is 139 Å². The van der Waals surface area contributed by atoms with Crippen molar-refractivity contribution in [1.29, 1.82) is 0 Å². The Kier molecular flexibility index (Phi) is 11.5. The fraction of sp³-hybridized carbons (Fsp3) is 0.692. The van der Waals surface area contributed by atoms with Crippen molar-refractivity contribution in [1.82, 2.24) is 16.0 Å². The van der Waals surface area contributed by atoms with E-state index in [1.165, 1.54) is 0 Å². The number of aliphatic carboxylic acids is 2. The van der Waals surface area contributed by atoms with Crippen molar-refractivity contribution in [3.63, 3.8) is 0 Å². The van der Waals surface area contributed by atoms with Crippen LogP contribution < -0.4 is 16.0 Å². The number of urea groups is 1. The Morgan fingerprint density at radius 3 is 2.09 bits per heavy atom. The molecule has 0 aliphatic rings. The zero-order valence-corrected chi connectivity index (χ0v) is 13.6. The Morgan fingerprint density at radius 1 is 0.957 bits per heavy atom. The fourth-order valence-electron chi connectivity index (χ4n) is 1.65. The van der Waals surface area contributed by atoms with Crippen LogP contribution in [0.1, 0.15) is 32.1 Å². The summed E-state index contributed by atoms with van der Waals surface area (Å²) in [4.78, 5) is 43.7. The maximum Gasteiger partial charge on any atom is 0.326 e. The smallest absolute Gasteiger partial charge is 0.326 e. The molecule has 0 fully saturated rings. The second kappa shape index (κ2) is 12.6. The number of hydrogen-bond acceptors (Lipinski definition) is 5. The molecule has 23 heavy (non-hydrogen) atoms. The molecular weight excluding hydrogens is 326 g/mol. The normalized spacial score (nSPS) is 11.3. The summed E-state index contributed by atoms with van der Waals surface area (Å²) in [6, 6.07) is -1.88. The summed E-state index contributed by atoms with van der Waals surface area (Å²) >= 11 is 3.82. The van der Waals surface area contributed by atoms with Gasteiger partial charge >= 0.3 is 18.0 Å². The maximum absolute atomic E-state index is 11.5. The van der Waals surface area contributed by atoms with Gasteiger partial charge in [0.15, 0.2) is 0 Å². The quantitative estimate of drug-likeness (QED) is 0.213. The molecule has 132 valence electrons. The lowest BCUT2D eigenvalue weighted by molar-refractivity contribution is -0.140. The summed E-state index contributed by atoms with van der Waals surface area (Å²) in [6.45, 7) is 0.902. The molecule has 0 heterocycles. The van der Waals surface area contributed by atoms with Crippen LogP contribution in [0.3, 0.4) is 0 Å². The van der Waals surface area contributed by atoms with E-state index < -0.39 is 24.0 Å². The van der Waals surface area contributed by atoms with Crippen LogP contribution in [0.25, 0.3) is 0 Å². The Hall–Kier alpha value is -1.97. The molecule has 0 bridgehead atoms. The van der Waals surface area contributed by atoms with Gasteiger partial charge in [-0.25, -0.2) is 9.59 Å². The first-order chi connectivity index (χ1) is 10.9. The Morgan fingerprint density at radius 2 is 1.57 bits per heavy atom. The number of nitrogens with one attached hydrogen (secondary N) is 3. The number of hydrogen-bond donors (Lipinski definition) is 6. The van der Waals surface area contributed by atoms with Gasteiger partial charge in [0.1, 0.15) is 6.04 Å². The van der Waals surface area contributed by atoms with Gasteiger partial charge in [-0.15, -0.1) is 0 Å². The molecule has 1 atom stereocenters. The molecular formula is C13H23N3O6S. The third-order valence-electron chi connectivity index (χ3n) is 2.86. The van der Waals surface area contributed by atoms with Crippen molar-refractivity contribution in [2.45, 2.75) is 38.1 Å². The molecule has 1 unspecified atom stereocenters. The molecule has 0 aromatic heterocycles. The van der Waals surface area contributed by atoms with Crippen LogP contribution >= 0.6 is 12.6 Å². The number of carbonyl (C=O) groups is 4. The summed E-state index contributed by atoms with van der Waals surface area (Å²) in [5, 5.41) is 24.8. The summed E-state index contributed by atoms with van der Waals surface area (Å²) < 4.78 is 0. The molecule has 9 nitrogen and oxygen atoms in total. The predicted molar refractivity (Wildman–Crippen MR) is 85.5 cm³/mol. The van der Waals surface area contributed by atoms with E-state index in [0.717, 1.165) is 12.8 Å². The molecule has 0 aromatic rings. The van der Waals surface area contributed by atoms with E-state index in [4.69, 9.17) is 10.2 Å². The van der Waals surface area contributed by atoms with Gasteiger partial charge in [-0.1, -0.05) is 0 Å². The highest BCUT2D eigenvalue weighted by atomic mass is 32.1. The zero-order chi connectivity index (χ0) is 17.7. The molecule has 0 aliphatic heterocycles. The predicted octanol–water partition coefficient (Wildman–Crippen LogP) is -0.180. The topological polar surface area (TPSA) is 145 Å². The Bertz CT molecular complexity index is 419. The molecule has 10 heteroatoms. The minimum atomic E-state index is -1.28. The molecule has 0 saturated heterocycles.